The predicted molar refractivity (Wildman–Crippen MR) is 67.2 cm³/mol. The number of nitrogens with one attached hydrogen (secondary N) is 1. The van der Waals surface area contributed by atoms with Crippen LogP contribution in [0.1, 0.15) is 12.8 Å². The van der Waals surface area contributed by atoms with Crippen LogP contribution in [-0.2, 0) is 9.53 Å². The molecule has 3 saturated heterocycles. The Kier molecular flexibility index (Phi) is 4.28. The fourth-order valence-corrected chi connectivity index (χ4v) is 3.19. The first-order chi connectivity index (χ1) is 7.84. The van der Waals surface area contributed by atoms with E-state index in [0.29, 0.717) is 17.7 Å². The Morgan fingerprint density at radius 3 is 2.53 bits per heavy atom. The van der Waals surface area contributed by atoms with E-state index in [1.807, 2.05) is 0 Å². The Balaban J connectivity index is 0.00000108. The fourth-order valence-electron chi connectivity index (χ4n) is 3.19. The summed E-state index contributed by atoms with van der Waals surface area (Å²) in [5, 5.41) is 3.32. The lowest BCUT2D eigenvalue weighted by atomic mass is 9.98. The molecule has 0 spiro atoms. The number of piperidine rings is 1. The van der Waals surface area contributed by atoms with E-state index in [0.717, 1.165) is 52.2 Å². The van der Waals surface area contributed by atoms with Crippen LogP contribution in [0.5, 0.6) is 0 Å². The van der Waals surface area contributed by atoms with Gasteiger partial charge in [-0.05, 0) is 19.4 Å². The third-order valence-electron chi connectivity index (χ3n) is 4.20. The van der Waals surface area contributed by atoms with Gasteiger partial charge in [0.15, 0.2) is 0 Å². The maximum atomic E-state index is 12.3. The van der Waals surface area contributed by atoms with Gasteiger partial charge >= 0.3 is 0 Å². The lowest BCUT2D eigenvalue weighted by Gasteiger charge is -2.27. The molecule has 3 rings (SSSR count). The summed E-state index contributed by atoms with van der Waals surface area (Å²) in [5.41, 5.74) is 0. The summed E-state index contributed by atoms with van der Waals surface area (Å²) in [7, 11) is 0. The van der Waals surface area contributed by atoms with E-state index < -0.39 is 0 Å². The van der Waals surface area contributed by atoms with Crippen LogP contribution in [0.15, 0.2) is 0 Å². The van der Waals surface area contributed by atoms with Gasteiger partial charge in [-0.25, -0.2) is 0 Å². The van der Waals surface area contributed by atoms with Gasteiger partial charge in [0.1, 0.15) is 0 Å². The quantitative estimate of drug-likeness (QED) is 0.747. The van der Waals surface area contributed by atoms with E-state index in [1.54, 1.807) is 0 Å². The molecule has 3 fully saturated rings. The summed E-state index contributed by atoms with van der Waals surface area (Å²) < 4.78 is 5.43. The van der Waals surface area contributed by atoms with Crippen molar-refractivity contribution in [2.75, 3.05) is 39.4 Å². The largest absolute Gasteiger partial charge is 0.381 e. The number of nitrogens with zero attached hydrogens (tertiary/aromatic N) is 1. The van der Waals surface area contributed by atoms with E-state index in [4.69, 9.17) is 4.74 Å². The summed E-state index contributed by atoms with van der Waals surface area (Å²) in [6.45, 7) is 5.53. The van der Waals surface area contributed by atoms with Gasteiger partial charge in [0.05, 0.1) is 19.1 Å². The fraction of sp³-hybridized carbons (Fsp3) is 0.917. The van der Waals surface area contributed by atoms with Crippen LogP contribution in [0.4, 0.5) is 0 Å². The lowest BCUT2D eigenvalue weighted by Crippen LogP contribution is -2.42. The summed E-state index contributed by atoms with van der Waals surface area (Å²) >= 11 is 0. The number of hydrogen-bond donors (Lipinski definition) is 1. The molecule has 3 heterocycles. The molecule has 3 atom stereocenters. The van der Waals surface area contributed by atoms with Crippen LogP contribution in [-0.4, -0.2) is 50.2 Å². The van der Waals surface area contributed by atoms with E-state index >= 15 is 0 Å². The molecule has 17 heavy (non-hydrogen) atoms. The van der Waals surface area contributed by atoms with Crippen LogP contribution in [0.2, 0.25) is 0 Å². The second-order valence-corrected chi connectivity index (χ2v) is 5.34. The zero-order valence-electron chi connectivity index (χ0n) is 10.1. The van der Waals surface area contributed by atoms with Gasteiger partial charge in [0, 0.05) is 31.5 Å². The first kappa shape index (κ1) is 13.1. The standard InChI is InChI=1S/C12H20N2O2.ClH/c15-12(9-2-1-3-13-4-9)14-5-10-7-16-8-11(10)6-14;/h9-11,13H,1-8H2;1H. The van der Waals surface area contributed by atoms with Crippen molar-refractivity contribution in [1.82, 2.24) is 10.2 Å². The second kappa shape index (κ2) is 5.55. The van der Waals surface area contributed by atoms with Gasteiger partial charge in [-0.2, -0.15) is 0 Å². The summed E-state index contributed by atoms with van der Waals surface area (Å²) in [5.74, 6) is 1.83. The molecule has 0 aromatic rings. The number of carbonyl (C=O) groups excluding carboxylic acids is 1. The summed E-state index contributed by atoms with van der Waals surface area (Å²) in [4.78, 5) is 14.4. The third kappa shape index (κ3) is 2.59. The lowest BCUT2D eigenvalue weighted by molar-refractivity contribution is -0.135. The number of hydrogen-bond acceptors (Lipinski definition) is 3. The van der Waals surface area contributed by atoms with Gasteiger partial charge in [-0.1, -0.05) is 0 Å². The topological polar surface area (TPSA) is 41.6 Å². The van der Waals surface area contributed by atoms with E-state index in [-0.39, 0.29) is 18.3 Å². The van der Waals surface area contributed by atoms with Crippen molar-refractivity contribution in [3.05, 3.63) is 0 Å². The Morgan fingerprint density at radius 1 is 1.24 bits per heavy atom. The molecule has 0 radical (unpaired) electrons. The monoisotopic (exact) mass is 260 g/mol. The average molecular weight is 261 g/mol. The summed E-state index contributed by atoms with van der Waals surface area (Å²) in [6, 6.07) is 0. The van der Waals surface area contributed by atoms with Gasteiger partial charge in [-0.3, -0.25) is 4.79 Å². The molecular formula is C12H21ClN2O2. The Bertz CT molecular complexity index is 270. The van der Waals surface area contributed by atoms with Crippen molar-refractivity contribution < 1.29 is 9.53 Å². The number of halogens is 1. The molecule has 4 nitrogen and oxygen atoms in total. The Hall–Kier alpha value is -0.320. The van der Waals surface area contributed by atoms with Crippen LogP contribution in [0.3, 0.4) is 0 Å². The van der Waals surface area contributed by atoms with Crippen molar-refractivity contribution in [3.63, 3.8) is 0 Å². The minimum Gasteiger partial charge on any atom is -0.381 e. The number of fused-ring (bicyclic) bond motifs is 1. The van der Waals surface area contributed by atoms with Crippen molar-refractivity contribution in [2.24, 2.45) is 17.8 Å². The highest BCUT2D eigenvalue weighted by Crippen LogP contribution is 2.30. The molecule has 1 amide bonds. The average Bonchev–Trinajstić information content (AvgIpc) is 2.89. The molecule has 98 valence electrons. The van der Waals surface area contributed by atoms with Crippen molar-refractivity contribution in [2.45, 2.75) is 12.8 Å². The van der Waals surface area contributed by atoms with Crippen LogP contribution < -0.4 is 5.32 Å². The zero-order chi connectivity index (χ0) is 11.0. The van der Waals surface area contributed by atoms with Crippen LogP contribution >= 0.6 is 12.4 Å². The van der Waals surface area contributed by atoms with Crippen LogP contribution in [0, 0.1) is 17.8 Å². The molecular weight excluding hydrogens is 240 g/mol. The van der Waals surface area contributed by atoms with Gasteiger partial charge in [-0.15, -0.1) is 12.4 Å². The zero-order valence-corrected chi connectivity index (χ0v) is 10.9. The van der Waals surface area contributed by atoms with Gasteiger partial charge in [0.25, 0.3) is 0 Å². The summed E-state index contributed by atoms with van der Waals surface area (Å²) in [6.07, 6.45) is 2.20. The highest BCUT2D eigenvalue weighted by molar-refractivity contribution is 5.85. The first-order valence-corrected chi connectivity index (χ1v) is 6.42. The normalized spacial score (nSPS) is 36.5. The molecule has 1 N–H and O–H groups in total. The predicted octanol–water partition coefficient (Wildman–Crippen LogP) is 0.513. The van der Waals surface area contributed by atoms with Gasteiger partial charge in [0.2, 0.25) is 5.91 Å². The third-order valence-corrected chi connectivity index (χ3v) is 4.20. The second-order valence-electron chi connectivity index (χ2n) is 5.34. The molecule has 0 aromatic carbocycles. The van der Waals surface area contributed by atoms with E-state index in [2.05, 4.69) is 10.2 Å². The molecule has 5 heteroatoms. The Morgan fingerprint density at radius 2 is 1.94 bits per heavy atom. The van der Waals surface area contributed by atoms with Crippen molar-refractivity contribution in [1.29, 1.82) is 0 Å². The SMILES string of the molecule is Cl.O=C(C1CCCNC1)N1CC2COCC2C1. The van der Waals surface area contributed by atoms with Gasteiger partial charge < -0.3 is 15.0 Å². The maximum Gasteiger partial charge on any atom is 0.226 e. The molecule has 3 aliphatic rings. The number of likely N-dealkylation sites (tertiary alicyclic amines) is 1. The van der Waals surface area contributed by atoms with Crippen molar-refractivity contribution >= 4 is 18.3 Å². The number of ether oxygens (including phenoxy) is 1. The van der Waals surface area contributed by atoms with Crippen LogP contribution in [0.25, 0.3) is 0 Å². The molecule has 0 aliphatic carbocycles. The molecule has 3 aliphatic heterocycles. The van der Waals surface area contributed by atoms with Crippen molar-refractivity contribution in [3.8, 4) is 0 Å². The molecule has 3 unspecified atom stereocenters. The number of carbonyl (C=O) groups is 1. The molecule has 0 bridgehead atoms. The number of rotatable bonds is 1. The van der Waals surface area contributed by atoms with E-state index in [9.17, 15) is 4.79 Å². The molecule has 0 aromatic heterocycles. The minimum atomic E-state index is 0. The number of amides is 1. The Labute approximate surface area is 108 Å². The molecule has 0 saturated carbocycles. The minimum absolute atomic E-state index is 0. The highest BCUT2D eigenvalue weighted by atomic mass is 35.5. The van der Waals surface area contributed by atoms with E-state index in [1.165, 1.54) is 0 Å². The first-order valence-electron chi connectivity index (χ1n) is 6.42. The smallest absolute Gasteiger partial charge is 0.226 e. The highest BCUT2D eigenvalue weighted by Gasteiger charge is 2.40. The maximum absolute atomic E-state index is 12.3.